The van der Waals surface area contributed by atoms with Crippen molar-refractivity contribution < 1.29 is 28.8 Å². The van der Waals surface area contributed by atoms with Gasteiger partial charge in [0.25, 0.3) is 5.91 Å². The monoisotopic (exact) mass is 501 g/mol. The van der Waals surface area contributed by atoms with Gasteiger partial charge >= 0.3 is 0 Å². The predicted molar refractivity (Wildman–Crippen MR) is 132 cm³/mol. The number of amides is 4. The van der Waals surface area contributed by atoms with Crippen molar-refractivity contribution in [1.29, 1.82) is 0 Å². The predicted octanol–water partition coefficient (Wildman–Crippen LogP) is -0.434. The molecule has 11 nitrogen and oxygen atoms in total. The number of likely N-dealkylation sites (N-methyl/N-ethyl adjacent to an activating group) is 2. The summed E-state index contributed by atoms with van der Waals surface area (Å²) < 4.78 is 0. The number of rotatable bonds is 12. The molecule has 1 fully saturated rings. The fourth-order valence-corrected chi connectivity index (χ4v) is 3.97. The standard InChI is InChI=1S/C25H35N5O6/c1-5-10-18(27-23(34)19-13-17(31)15-30(19)6-2)22(33)24(35)26-14-20(32)28-21(25(36)29(3)4)16-11-8-7-9-12-16/h7-9,11-12,18-19,21H,5-6,10,13-15H2,1-4H3,(H,26,35)(H,27,34)(H,28,32)/t18?,19?,21-/m0/s1. The van der Waals surface area contributed by atoms with Crippen LogP contribution in [0.25, 0.3) is 0 Å². The Kier molecular flexibility index (Phi) is 10.7. The summed E-state index contributed by atoms with van der Waals surface area (Å²) in [5, 5.41) is 7.46. The lowest BCUT2D eigenvalue weighted by molar-refractivity contribution is -0.141. The lowest BCUT2D eigenvalue weighted by atomic mass is 10.0. The molecule has 2 rings (SSSR count). The summed E-state index contributed by atoms with van der Waals surface area (Å²) in [5.41, 5.74) is 0.573. The summed E-state index contributed by atoms with van der Waals surface area (Å²) in [7, 11) is 3.13. The summed E-state index contributed by atoms with van der Waals surface area (Å²) >= 11 is 0. The minimum atomic E-state index is -1.08. The number of benzene rings is 1. The molecule has 3 N–H and O–H groups in total. The van der Waals surface area contributed by atoms with Gasteiger partial charge in [-0.2, -0.15) is 0 Å². The van der Waals surface area contributed by atoms with E-state index >= 15 is 0 Å². The molecule has 196 valence electrons. The molecule has 4 amide bonds. The van der Waals surface area contributed by atoms with Crippen LogP contribution in [0.15, 0.2) is 30.3 Å². The summed E-state index contributed by atoms with van der Waals surface area (Å²) in [4.78, 5) is 77.9. The van der Waals surface area contributed by atoms with E-state index in [1.54, 1.807) is 56.3 Å². The normalized spacial score (nSPS) is 17.1. The summed E-state index contributed by atoms with van der Waals surface area (Å²) in [6, 6.07) is 5.95. The summed E-state index contributed by atoms with van der Waals surface area (Å²) in [5.74, 6) is -3.44. The SMILES string of the molecule is CCCC(NC(=O)C1CC(=O)CN1CC)C(=O)C(=O)NCC(=O)N[C@H](C(=O)N(C)C)c1ccccc1. The van der Waals surface area contributed by atoms with Crippen LogP contribution in [0.1, 0.15) is 44.7 Å². The number of carbonyl (C=O) groups is 6. The van der Waals surface area contributed by atoms with E-state index in [0.717, 1.165) is 0 Å². The Hall–Kier alpha value is -3.60. The molecule has 0 bridgehead atoms. The van der Waals surface area contributed by atoms with Crippen LogP contribution in [-0.2, 0) is 28.8 Å². The van der Waals surface area contributed by atoms with E-state index in [2.05, 4.69) is 16.0 Å². The minimum Gasteiger partial charge on any atom is -0.347 e. The zero-order chi connectivity index (χ0) is 26.8. The second-order valence-corrected chi connectivity index (χ2v) is 8.86. The zero-order valence-electron chi connectivity index (χ0n) is 21.2. The van der Waals surface area contributed by atoms with Crippen LogP contribution < -0.4 is 16.0 Å². The van der Waals surface area contributed by atoms with Gasteiger partial charge in [-0.15, -0.1) is 0 Å². The van der Waals surface area contributed by atoms with E-state index in [4.69, 9.17) is 0 Å². The van der Waals surface area contributed by atoms with Crippen LogP contribution >= 0.6 is 0 Å². The number of likely N-dealkylation sites (tertiary alicyclic amines) is 1. The molecule has 1 aliphatic rings. The van der Waals surface area contributed by atoms with Crippen molar-refractivity contribution in [3.8, 4) is 0 Å². The van der Waals surface area contributed by atoms with Crippen LogP contribution in [-0.4, -0.2) is 90.8 Å². The topological polar surface area (TPSA) is 145 Å². The smallest absolute Gasteiger partial charge is 0.290 e. The first kappa shape index (κ1) is 28.6. The van der Waals surface area contributed by atoms with E-state index < -0.39 is 48.2 Å². The molecule has 0 spiro atoms. The number of hydrogen-bond acceptors (Lipinski definition) is 7. The van der Waals surface area contributed by atoms with Gasteiger partial charge in [-0.05, 0) is 18.5 Å². The summed E-state index contributed by atoms with van der Waals surface area (Å²) in [6.07, 6.45) is 0.814. The van der Waals surface area contributed by atoms with Crippen LogP contribution in [0, 0.1) is 0 Å². The van der Waals surface area contributed by atoms with E-state index in [1.807, 2.05) is 6.92 Å². The average molecular weight is 502 g/mol. The fraction of sp³-hybridized carbons (Fsp3) is 0.520. The first-order valence-electron chi connectivity index (χ1n) is 12.0. The number of carbonyl (C=O) groups excluding carboxylic acids is 6. The van der Waals surface area contributed by atoms with Gasteiger partial charge in [0.15, 0.2) is 0 Å². The third-order valence-electron chi connectivity index (χ3n) is 5.92. The molecule has 0 saturated carbocycles. The maximum atomic E-state index is 12.8. The Morgan fingerprint density at radius 3 is 2.31 bits per heavy atom. The Balaban J connectivity index is 1.98. The van der Waals surface area contributed by atoms with E-state index in [0.29, 0.717) is 18.5 Å². The first-order chi connectivity index (χ1) is 17.1. The molecule has 1 heterocycles. The zero-order valence-corrected chi connectivity index (χ0v) is 21.2. The van der Waals surface area contributed by atoms with E-state index in [-0.39, 0.29) is 31.1 Å². The van der Waals surface area contributed by atoms with Crippen molar-refractivity contribution >= 4 is 35.2 Å². The maximum Gasteiger partial charge on any atom is 0.290 e. The van der Waals surface area contributed by atoms with Gasteiger partial charge in [-0.3, -0.25) is 33.7 Å². The highest BCUT2D eigenvalue weighted by molar-refractivity contribution is 6.38. The van der Waals surface area contributed by atoms with Crippen molar-refractivity contribution in [2.75, 3.05) is 33.7 Å². The van der Waals surface area contributed by atoms with Gasteiger partial charge in [0.05, 0.1) is 25.2 Å². The highest BCUT2D eigenvalue weighted by Crippen LogP contribution is 2.16. The average Bonchev–Trinajstić information content (AvgIpc) is 3.25. The molecular weight excluding hydrogens is 466 g/mol. The molecule has 1 saturated heterocycles. The number of nitrogens with zero attached hydrogens (tertiary/aromatic N) is 2. The Morgan fingerprint density at radius 1 is 1.06 bits per heavy atom. The van der Waals surface area contributed by atoms with Crippen LogP contribution in [0.4, 0.5) is 0 Å². The van der Waals surface area contributed by atoms with Gasteiger partial charge in [0, 0.05) is 20.5 Å². The second-order valence-electron chi connectivity index (χ2n) is 8.86. The Bertz CT molecular complexity index is 980. The van der Waals surface area contributed by atoms with Crippen molar-refractivity contribution in [2.45, 2.75) is 51.2 Å². The third kappa shape index (κ3) is 7.70. The molecule has 1 aliphatic heterocycles. The molecule has 36 heavy (non-hydrogen) atoms. The molecule has 0 aliphatic carbocycles. The minimum absolute atomic E-state index is 0.0549. The lowest BCUT2D eigenvalue weighted by Crippen LogP contribution is -2.53. The van der Waals surface area contributed by atoms with E-state index in [1.165, 1.54) is 4.90 Å². The lowest BCUT2D eigenvalue weighted by Gasteiger charge is -2.24. The highest BCUT2D eigenvalue weighted by atomic mass is 16.2. The van der Waals surface area contributed by atoms with Crippen molar-refractivity contribution in [3.63, 3.8) is 0 Å². The largest absolute Gasteiger partial charge is 0.347 e. The summed E-state index contributed by atoms with van der Waals surface area (Å²) in [6.45, 7) is 3.80. The number of nitrogens with one attached hydrogen (secondary N) is 3. The van der Waals surface area contributed by atoms with Crippen LogP contribution in [0.5, 0.6) is 0 Å². The van der Waals surface area contributed by atoms with Crippen LogP contribution in [0.2, 0.25) is 0 Å². The van der Waals surface area contributed by atoms with Crippen molar-refractivity contribution in [3.05, 3.63) is 35.9 Å². The Labute approximate surface area is 210 Å². The van der Waals surface area contributed by atoms with Crippen molar-refractivity contribution in [2.24, 2.45) is 0 Å². The third-order valence-corrected chi connectivity index (χ3v) is 5.92. The first-order valence-corrected chi connectivity index (χ1v) is 12.0. The molecule has 0 radical (unpaired) electrons. The van der Waals surface area contributed by atoms with Gasteiger partial charge in [0.1, 0.15) is 11.8 Å². The molecule has 0 aromatic heterocycles. The highest BCUT2D eigenvalue weighted by Gasteiger charge is 2.37. The van der Waals surface area contributed by atoms with E-state index in [9.17, 15) is 28.8 Å². The fourth-order valence-electron chi connectivity index (χ4n) is 3.97. The van der Waals surface area contributed by atoms with Gasteiger partial charge < -0.3 is 20.9 Å². The molecular formula is C25H35N5O6. The molecule has 1 aromatic rings. The van der Waals surface area contributed by atoms with Crippen molar-refractivity contribution in [1.82, 2.24) is 25.8 Å². The van der Waals surface area contributed by atoms with Gasteiger partial charge in [-0.25, -0.2) is 0 Å². The van der Waals surface area contributed by atoms with Gasteiger partial charge in [-0.1, -0.05) is 50.6 Å². The van der Waals surface area contributed by atoms with Crippen LogP contribution in [0.3, 0.4) is 0 Å². The molecule has 3 atom stereocenters. The van der Waals surface area contributed by atoms with Gasteiger partial charge in [0.2, 0.25) is 23.5 Å². The number of ketones is 2. The number of Topliss-reactive ketones (excluding diaryl/α,β-unsaturated/α-hetero) is 2. The number of hydrogen-bond donors (Lipinski definition) is 3. The molecule has 2 unspecified atom stereocenters. The Morgan fingerprint density at radius 2 is 1.72 bits per heavy atom. The molecule has 11 heteroatoms. The second kappa shape index (κ2) is 13.5. The quantitative estimate of drug-likeness (QED) is 0.330. The maximum absolute atomic E-state index is 12.8. The molecule has 1 aromatic carbocycles.